The maximum atomic E-state index is 6.29. The van der Waals surface area contributed by atoms with Crippen molar-refractivity contribution >= 4 is 0 Å². The number of rotatable bonds is 4. The van der Waals surface area contributed by atoms with Gasteiger partial charge in [-0.15, -0.1) is 0 Å². The smallest absolute Gasteiger partial charge is 0.196 e. The van der Waals surface area contributed by atoms with E-state index in [1.54, 1.807) is 0 Å². The fraction of sp³-hybridized carbons (Fsp3) is 0.333. The molecule has 2 aromatic carbocycles. The van der Waals surface area contributed by atoms with Crippen LogP contribution >= 0.6 is 0 Å². The van der Waals surface area contributed by atoms with Gasteiger partial charge in [0.05, 0.1) is 6.61 Å². The molecule has 0 aromatic heterocycles. The van der Waals surface area contributed by atoms with E-state index >= 15 is 0 Å². The highest BCUT2D eigenvalue weighted by molar-refractivity contribution is 5.79. The van der Waals surface area contributed by atoms with E-state index in [0.717, 1.165) is 0 Å². The van der Waals surface area contributed by atoms with Gasteiger partial charge in [0.15, 0.2) is 13.1 Å². The summed E-state index contributed by atoms with van der Waals surface area (Å²) in [5.41, 5.74) is 4.48. The Hall–Kier alpha value is -1.72. The molecule has 0 saturated carbocycles. The van der Waals surface area contributed by atoms with Crippen LogP contribution in [0.15, 0.2) is 48.5 Å². The summed E-state index contributed by atoms with van der Waals surface area (Å²) in [6.07, 6.45) is 0.301. The predicted octanol–water partition coefficient (Wildman–Crippen LogP) is 3.60. The Bertz CT molecular complexity index is 631. The van der Waals surface area contributed by atoms with Gasteiger partial charge in [0, 0.05) is 6.42 Å². The molecule has 4 nitrogen and oxygen atoms in total. The molecular weight excluding hydrogens is 280 g/mol. The molecule has 2 aromatic rings. The standard InChI is InChI=1S/C18H18O4/c1-18(20-11-10-17-19-12-21-22-17)15-8-4-2-6-13(15)14-7-3-5-9-16(14)18/h2-9,17H,10-12H2,1H3. The molecule has 1 atom stereocenters. The van der Waals surface area contributed by atoms with Crippen LogP contribution in [-0.2, 0) is 24.8 Å². The molecule has 1 fully saturated rings. The normalized spacial score (nSPS) is 21.6. The van der Waals surface area contributed by atoms with Crippen LogP contribution in [0, 0.1) is 0 Å². The summed E-state index contributed by atoms with van der Waals surface area (Å²) in [6, 6.07) is 16.8. The molecule has 22 heavy (non-hydrogen) atoms. The van der Waals surface area contributed by atoms with Crippen molar-refractivity contribution in [2.24, 2.45) is 0 Å². The molecule has 1 heterocycles. The first-order chi connectivity index (χ1) is 10.8. The molecule has 1 saturated heterocycles. The van der Waals surface area contributed by atoms with Gasteiger partial charge in [-0.05, 0) is 29.2 Å². The second-order valence-electron chi connectivity index (χ2n) is 5.69. The van der Waals surface area contributed by atoms with E-state index in [4.69, 9.17) is 19.2 Å². The molecule has 0 bridgehead atoms. The van der Waals surface area contributed by atoms with Crippen LogP contribution in [0.1, 0.15) is 24.5 Å². The van der Waals surface area contributed by atoms with Crippen molar-refractivity contribution in [3.8, 4) is 11.1 Å². The molecule has 2 aliphatic rings. The summed E-state index contributed by atoms with van der Waals surface area (Å²) in [6.45, 7) is 2.85. The summed E-state index contributed by atoms with van der Waals surface area (Å²) in [4.78, 5) is 9.73. The molecule has 1 unspecified atom stereocenters. The van der Waals surface area contributed by atoms with Gasteiger partial charge in [0.25, 0.3) is 0 Å². The zero-order chi connectivity index (χ0) is 15.0. The Morgan fingerprint density at radius 1 is 1.05 bits per heavy atom. The van der Waals surface area contributed by atoms with Gasteiger partial charge in [0.1, 0.15) is 5.60 Å². The van der Waals surface area contributed by atoms with Gasteiger partial charge in [-0.1, -0.05) is 48.5 Å². The summed E-state index contributed by atoms with van der Waals surface area (Å²) in [5.74, 6) is 0. The Morgan fingerprint density at radius 3 is 2.27 bits per heavy atom. The van der Waals surface area contributed by atoms with Crippen molar-refractivity contribution in [1.29, 1.82) is 0 Å². The van der Waals surface area contributed by atoms with Crippen molar-refractivity contribution < 1.29 is 19.2 Å². The van der Waals surface area contributed by atoms with Gasteiger partial charge >= 0.3 is 0 Å². The summed E-state index contributed by atoms with van der Waals surface area (Å²) in [5, 5.41) is 0. The van der Waals surface area contributed by atoms with Crippen molar-refractivity contribution in [1.82, 2.24) is 0 Å². The second kappa shape index (κ2) is 5.48. The van der Waals surface area contributed by atoms with Crippen LogP contribution in [0.3, 0.4) is 0 Å². The van der Waals surface area contributed by atoms with E-state index in [1.807, 2.05) is 0 Å². The van der Waals surface area contributed by atoms with Crippen LogP contribution in [0.2, 0.25) is 0 Å². The molecule has 0 amide bonds. The van der Waals surface area contributed by atoms with E-state index in [1.165, 1.54) is 22.3 Å². The van der Waals surface area contributed by atoms with Crippen molar-refractivity contribution in [2.45, 2.75) is 25.2 Å². The van der Waals surface area contributed by atoms with Gasteiger partial charge in [-0.3, -0.25) is 0 Å². The third-order valence-electron chi connectivity index (χ3n) is 4.39. The lowest BCUT2D eigenvalue weighted by molar-refractivity contribution is -0.279. The van der Waals surface area contributed by atoms with E-state index in [9.17, 15) is 0 Å². The number of ether oxygens (including phenoxy) is 2. The third-order valence-corrected chi connectivity index (χ3v) is 4.39. The maximum Gasteiger partial charge on any atom is 0.196 e. The molecule has 4 heteroatoms. The van der Waals surface area contributed by atoms with Crippen LogP contribution < -0.4 is 0 Å². The zero-order valence-electron chi connectivity index (χ0n) is 12.5. The monoisotopic (exact) mass is 298 g/mol. The Balaban J connectivity index is 1.61. The highest BCUT2D eigenvalue weighted by Gasteiger charge is 2.40. The van der Waals surface area contributed by atoms with Crippen molar-refractivity contribution in [3.63, 3.8) is 0 Å². The zero-order valence-corrected chi connectivity index (χ0v) is 12.5. The highest BCUT2D eigenvalue weighted by atomic mass is 17.3. The van der Waals surface area contributed by atoms with E-state index in [0.29, 0.717) is 13.0 Å². The Kier molecular flexibility index (Phi) is 3.47. The quantitative estimate of drug-likeness (QED) is 0.808. The minimum Gasteiger partial charge on any atom is -0.366 e. The predicted molar refractivity (Wildman–Crippen MR) is 80.8 cm³/mol. The summed E-state index contributed by atoms with van der Waals surface area (Å²) < 4.78 is 11.6. The molecule has 1 aliphatic carbocycles. The molecule has 4 rings (SSSR count). The lowest BCUT2D eigenvalue weighted by Crippen LogP contribution is -2.26. The molecule has 0 N–H and O–H groups in total. The van der Waals surface area contributed by atoms with Crippen molar-refractivity contribution in [3.05, 3.63) is 59.7 Å². The number of hydrogen-bond acceptors (Lipinski definition) is 4. The van der Waals surface area contributed by atoms with Gasteiger partial charge in [-0.2, -0.15) is 0 Å². The van der Waals surface area contributed by atoms with Crippen LogP contribution in [0.25, 0.3) is 11.1 Å². The van der Waals surface area contributed by atoms with Crippen LogP contribution in [-0.4, -0.2) is 19.7 Å². The maximum absolute atomic E-state index is 6.29. The fourth-order valence-electron chi connectivity index (χ4n) is 3.29. The molecule has 0 spiro atoms. The number of hydrogen-bond donors (Lipinski definition) is 0. The minimum atomic E-state index is -0.438. The van der Waals surface area contributed by atoms with E-state index in [-0.39, 0.29) is 13.1 Å². The first-order valence-corrected chi connectivity index (χ1v) is 7.52. The Labute approximate surface area is 129 Å². The fourth-order valence-corrected chi connectivity index (χ4v) is 3.29. The third kappa shape index (κ3) is 2.16. The molecule has 114 valence electrons. The molecule has 1 aliphatic heterocycles. The average molecular weight is 298 g/mol. The highest BCUT2D eigenvalue weighted by Crippen LogP contribution is 2.49. The summed E-state index contributed by atoms with van der Waals surface area (Å²) >= 11 is 0. The number of benzene rings is 2. The SMILES string of the molecule is CC1(OCCC2OCOO2)c2ccccc2-c2ccccc21. The van der Waals surface area contributed by atoms with Crippen LogP contribution in [0.5, 0.6) is 0 Å². The lowest BCUT2D eigenvalue weighted by Gasteiger charge is -2.28. The Morgan fingerprint density at radius 2 is 1.68 bits per heavy atom. The topological polar surface area (TPSA) is 36.9 Å². The minimum absolute atomic E-state index is 0.188. The average Bonchev–Trinajstić information content (AvgIpc) is 3.15. The summed E-state index contributed by atoms with van der Waals surface area (Å²) in [7, 11) is 0. The van der Waals surface area contributed by atoms with E-state index in [2.05, 4.69) is 55.5 Å². The second-order valence-corrected chi connectivity index (χ2v) is 5.69. The number of fused-ring (bicyclic) bond motifs is 3. The van der Waals surface area contributed by atoms with Gasteiger partial charge in [-0.25, -0.2) is 9.78 Å². The van der Waals surface area contributed by atoms with Gasteiger partial charge < -0.3 is 9.47 Å². The first-order valence-electron chi connectivity index (χ1n) is 7.52. The van der Waals surface area contributed by atoms with E-state index < -0.39 is 5.60 Å². The van der Waals surface area contributed by atoms with Crippen molar-refractivity contribution in [2.75, 3.05) is 13.4 Å². The van der Waals surface area contributed by atoms with Crippen LogP contribution in [0.4, 0.5) is 0 Å². The first kappa shape index (κ1) is 13.9. The largest absolute Gasteiger partial charge is 0.366 e. The molecular formula is C18H18O4. The lowest BCUT2D eigenvalue weighted by atomic mass is 9.93. The molecule has 0 radical (unpaired) electrons. The van der Waals surface area contributed by atoms with Gasteiger partial charge in [0.2, 0.25) is 0 Å².